The van der Waals surface area contributed by atoms with E-state index < -0.39 is 29.5 Å². The zero-order valence-corrected chi connectivity index (χ0v) is 22.6. The van der Waals surface area contributed by atoms with Crippen LogP contribution in [-0.2, 0) is 19.1 Å². The third-order valence-corrected chi connectivity index (χ3v) is 9.69. The summed E-state index contributed by atoms with van der Waals surface area (Å²) in [4.78, 5) is 30.9. The van der Waals surface area contributed by atoms with Crippen molar-refractivity contribution in [2.75, 3.05) is 0 Å². The number of carbonyl (C=O) groups excluding carboxylic acids is 2. The number of epoxide rings is 1. The maximum atomic E-state index is 13.2. The predicted octanol–water partition coefficient (Wildman–Crippen LogP) is 4.18. The Morgan fingerprint density at radius 3 is 2.49 bits per heavy atom. The van der Waals surface area contributed by atoms with Crippen LogP contribution in [-0.4, -0.2) is 57.5 Å². The minimum atomic E-state index is -1.20. The third-order valence-electron chi connectivity index (χ3n) is 8.90. The van der Waals surface area contributed by atoms with Crippen LogP contribution in [0, 0.1) is 29.6 Å². The topological polar surface area (TPSA) is 109 Å². The average Bonchev–Trinajstić information content (AvgIpc) is 3.66. The van der Waals surface area contributed by atoms with Crippen molar-refractivity contribution in [1.82, 2.24) is 4.98 Å². The number of aromatic nitrogens is 1. The highest BCUT2D eigenvalue weighted by Crippen LogP contribution is 2.63. The van der Waals surface area contributed by atoms with Crippen LogP contribution in [0.4, 0.5) is 0 Å². The summed E-state index contributed by atoms with van der Waals surface area (Å²) in [7, 11) is 0. The van der Waals surface area contributed by atoms with E-state index >= 15 is 0 Å². The fourth-order valence-electron chi connectivity index (χ4n) is 5.85. The number of fused-ring (bicyclic) bond motifs is 1. The SMILES string of the molecule is Cc1nc(C2CC2(C)[C@@H]2C[C@@H]3O[C@@H]3CCC[C@H](C)[C@H](O)[C@@H](C)C(=O)C(C)(C)[C@@H](O)CC(=O)O2)cs1. The van der Waals surface area contributed by atoms with Gasteiger partial charge in [-0.05, 0) is 32.1 Å². The van der Waals surface area contributed by atoms with Gasteiger partial charge >= 0.3 is 5.97 Å². The number of ether oxygens (including phenoxy) is 2. The van der Waals surface area contributed by atoms with Gasteiger partial charge in [-0.25, -0.2) is 4.98 Å². The zero-order chi connectivity index (χ0) is 25.7. The van der Waals surface area contributed by atoms with Crippen LogP contribution in [0.3, 0.4) is 0 Å². The van der Waals surface area contributed by atoms with Gasteiger partial charge in [0.2, 0.25) is 0 Å². The molecule has 2 aliphatic heterocycles. The normalized spacial score (nSPS) is 42.7. The number of carbonyl (C=O) groups is 2. The number of esters is 1. The fourth-order valence-corrected chi connectivity index (χ4v) is 6.52. The molecule has 1 saturated carbocycles. The summed E-state index contributed by atoms with van der Waals surface area (Å²) in [5, 5.41) is 24.8. The Hall–Kier alpha value is -1.35. The maximum Gasteiger partial charge on any atom is 0.308 e. The zero-order valence-electron chi connectivity index (χ0n) is 21.8. The number of hydrogen-bond donors (Lipinski definition) is 2. The van der Waals surface area contributed by atoms with Crippen molar-refractivity contribution in [2.24, 2.45) is 22.7 Å². The molecule has 4 rings (SSSR count). The molecular formula is C27H41NO6S. The predicted molar refractivity (Wildman–Crippen MR) is 133 cm³/mol. The first-order chi connectivity index (χ1) is 16.3. The van der Waals surface area contributed by atoms with E-state index in [4.69, 9.17) is 9.47 Å². The van der Waals surface area contributed by atoms with Crippen molar-refractivity contribution in [1.29, 1.82) is 0 Å². The Balaban J connectivity index is 1.53. The summed E-state index contributed by atoms with van der Waals surface area (Å²) in [5.41, 5.74) is -0.345. The first-order valence-electron chi connectivity index (χ1n) is 13.0. The summed E-state index contributed by atoms with van der Waals surface area (Å²) >= 11 is 1.63. The van der Waals surface area contributed by atoms with Crippen LogP contribution in [0.5, 0.6) is 0 Å². The lowest BCUT2D eigenvalue weighted by Gasteiger charge is -2.34. The number of aliphatic hydroxyl groups excluding tert-OH is 2. The van der Waals surface area contributed by atoms with Gasteiger partial charge in [-0.2, -0.15) is 0 Å². The standard InChI is InChI=1S/C27H41NO6S/c1-14-8-7-9-19-20(33-19)10-22(27(6)12-17(27)18-13-35-16(3)28-18)34-23(30)11-21(29)26(4,5)25(32)15(2)24(14)31/h13-15,17,19-22,24,29,31H,7-12H2,1-6H3/t14-,15+,17?,19+,20-,21-,22-,24-,27?/m0/s1. The fraction of sp³-hybridized carbons (Fsp3) is 0.815. The summed E-state index contributed by atoms with van der Waals surface area (Å²) in [6, 6.07) is 0. The molecule has 3 aliphatic rings. The van der Waals surface area contributed by atoms with Gasteiger partial charge in [-0.15, -0.1) is 11.3 Å². The van der Waals surface area contributed by atoms with Gasteiger partial charge in [0.1, 0.15) is 11.9 Å². The van der Waals surface area contributed by atoms with Gasteiger partial charge in [0, 0.05) is 29.1 Å². The van der Waals surface area contributed by atoms with Crippen molar-refractivity contribution in [3.8, 4) is 0 Å². The van der Waals surface area contributed by atoms with E-state index in [1.165, 1.54) is 0 Å². The molecule has 1 aliphatic carbocycles. The van der Waals surface area contributed by atoms with Crippen molar-refractivity contribution >= 4 is 23.1 Å². The molecule has 2 saturated heterocycles. The van der Waals surface area contributed by atoms with Gasteiger partial charge in [-0.3, -0.25) is 9.59 Å². The second kappa shape index (κ2) is 9.84. The molecule has 7 nitrogen and oxygen atoms in total. The van der Waals surface area contributed by atoms with E-state index in [2.05, 4.69) is 17.3 Å². The van der Waals surface area contributed by atoms with Gasteiger partial charge in [0.25, 0.3) is 0 Å². The first kappa shape index (κ1) is 26.7. The third kappa shape index (κ3) is 5.50. The Bertz CT molecular complexity index is 946. The largest absolute Gasteiger partial charge is 0.462 e. The number of Topliss-reactive ketones (excluding diaryl/α,β-unsaturated/α-hetero) is 1. The summed E-state index contributed by atoms with van der Waals surface area (Å²) in [6.45, 7) is 11.1. The number of aliphatic hydroxyl groups is 2. The second-order valence-corrected chi connectivity index (χ2v) is 13.0. The van der Waals surface area contributed by atoms with Gasteiger partial charge in [0.05, 0.1) is 47.0 Å². The number of thiazole rings is 1. The van der Waals surface area contributed by atoms with Gasteiger partial charge < -0.3 is 19.7 Å². The minimum absolute atomic E-state index is 0.0441. The monoisotopic (exact) mass is 507 g/mol. The molecule has 0 bridgehead atoms. The molecule has 1 aromatic rings. The maximum absolute atomic E-state index is 13.2. The van der Waals surface area contributed by atoms with E-state index in [9.17, 15) is 19.8 Å². The van der Waals surface area contributed by atoms with E-state index in [1.54, 1.807) is 32.1 Å². The van der Waals surface area contributed by atoms with E-state index in [1.807, 2.05) is 13.8 Å². The Labute approximate surface area is 212 Å². The second-order valence-electron chi connectivity index (χ2n) is 12.0. The molecule has 3 fully saturated rings. The van der Waals surface area contributed by atoms with Crippen molar-refractivity contribution in [2.45, 2.75) is 117 Å². The van der Waals surface area contributed by atoms with Gasteiger partial charge in [0.15, 0.2) is 0 Å². The minimum Gasteiger partial charge on any atom is -0.462 e. The molecule has 2 N–H and O–H groups in total. The quantitative estimate of drug-likeness (QED) is 0.457. The van der Waals surface area contributed by atoms with E-state index in [0.717, 1.165) is 36.4 Å². The molecule has 0 radical (unpaired) electrons. The lowest BCUT2D eigenvalue weighted by atomic mass is 9.73. The molecule has 0 amide bonds. The average molecular weight is 508 g/mol. The van der Waals surface area contributed by atoms with Crippen LogP contribution in [0.1, 0.15) is 89.8 Å². The van der Waals surface area contributed by atoms with Crippen LogP contribution >= 0.6 is 11.3 Å². The first-order valence-corrected chi connectivity index (χ1v) is 13.9. The van der Waals surface area contributed by atoms with Crippen LogP contribution < -0.4 is 0 Å². The van der Waals surface area contributed by atoms with E-state index in [-0.39, 0.29) is 47.8 Å². The van der Waals surface area contributed by atoms with Crippen molar-refractivity contribution in [3.05, 3.63) is 16.1 Å². The van der Waals surface area contributed by atoms with Crippen LogP contribution in [0.25, 0.3) is 0 Å². The number of cyclic esters (lactones) is 1. The van der Waals surface area contributed by atoms with Crippen LogP contribution in [0.2, 0.25) is 0 Å². The molecule has 196 valence electrons. The molecular weight excluding hydrogens is 466 g/mol. The van der Waals surface area contributed by atoms with Crippen molar-refractivity contribution < 1.29 is 29.3 Å². The summed E-state index contributed by atoms with van der Waals surface area (Å²) in [6.07, 6.45) is 1.70. The highest BCUT2D eigenvalue weighted by Gasteiger charge is 2.60. The number of rotatable bonds is 2. The number of aryl methyl sites for hydroxylation is 1. The van der Waals surface area contributed by atoms with Gasteiger partial charge in [-0.1, -0.05) is 41.0 Å². The van der Waals surface area contributed by atoms with E-state index in [0.29, 0.717) is 6.42 Å². The highest BCUT2D eigenvalue weighted by molar-refractivity contribution is 7.09. The number of ketones is 1. The van der Waals surface area contributed by atoms with Crippen LogP contribution in [0.15, 0.2) is 5.38 Å². The molecule has 0 spiro atoms. The molecule has 0 aromatic carbocycles. The molecule has 2 unspecified atom stereocenters. The number of nitrogens with zero attached hydrogens (tertiary/aromatic N) is 1. The summed E-state index contributed by atoms with van der Waals surface area (Å²) < 4.78 is 12.0. The molecule has 3 heterocycles. The summed E-state index contributed by atoms with van der Waals surface area (Å²) in [5.74, 6) is -1.18. The molecule has 1 aromatic heterocycles. The molecule has 8 heteroatoms. The lowest BCUT2D eigenvalue weighted by Crippen LogP contribution is -2.46. The molecule has 35 heavy (non-hydrogen) atoms. The smallest absolute Gasteiger partial charge is 0.308 e. The highest BCUT2D eigenvalue weighted by atomic mass is 32.1. The molecule has 9 atom stereocenters. The number of hydrogen-bond acceptors (Lipinski definition) is 8. The Morgan fingerprint density at radius 1 is 1.11 bits per heavy atom. The Morgan fingerprint density at radius 2 is 1.83 bits per heavy atom. The van der Waals surface area contributed by atoms with Crippen molar-refractivity contribution in [3.63, 3.8) is 0 Å². The Kier molecular flexibility index (Phi) is 7.51. The lowest BCUT2D eigenvalue weighted by molar-refractivity contribution is -0.159.